The molecule has 28 heavy (non-hydrogen) atoms. The van der Waals surface area contributed by atoms with Crippen LogP contribution in [0.5, 0.6) is 5.75 Å². The predicted octanol–water partition coefficient (Wildman–Crippen LogP) is 3.76. The molecular weight excluding hydrogens is 352 g/mol. The van der Waals surface area contributed by atoms with E-state index in [0.29, 0.717) is 24.6 Å². The molecule has 0 spiro atoms. The minimum Gasteiger partial charge on any atom is -0.496 e. The van der Waals surface area contributed by atoms with Gasteiger partial charge in [0, 0.05) is 19.3 Å². The molecule has 1 aromatic carbocycles. The van der Waals surface area contributed by atoms with E-state index in [1.807, 2.05) is 24.3 Å². The summed E-state index contributed by atoms with van der Waals surface area (Å²) in [5, 5.41) is 6.14. The molecule has 1 aliphatic rings. The van der Waals surface area contributed by atoms with E-state index in [1.165, 1.54) is 31.3 Å². The molecule has 0 saturated carbocycles. The molecule has 148 valence electrons. The molecule has 0 saturated heterocycles. The number of rotatable bonds is 9. The topological polar surface area (TPSA) is 76.1 Å². The molecule has 0 aliphatic heterocycles. The van der Waals surface area contributed by atoms with Crippen LogP contribution in [0.4, 0.5) is 5.95 Å². The first-order valence-corrected chi connectivity index (χ1v) is 9.91. The number of nitrogens with zero attached hydrogens (tertiary/aromatic N) is 2. The van der Waals surface area contributed by atoms with E-state index in [1.54, 1.807) is 19.4 Å². The average Bonchev–Trinajstić information content (AvgIpc) is 2.75. The third-order valence-corrected chi connectivity index (χ3v) is 4.87. The van der Waals surface area contributed by atoms with Gasteiger partial charge in [0.05, 0.1) is 7.11 Å². The predicted molar refractivity (Wildman–Crippen MR) is 111 cm³/mol. The van der Waals surface area contributed by atoms with Crippen LogP contribution >= 0.6 is 0 Å². The Balaban J connectivity index is 1.47. The highest BCUT2D eigenvalue weighted by Crippen LogP contribution is 2.20. The molecule has 3 rings (SSSR count). The summed E-state index contributed by atoms with van der Waals surface area (Å²) in [5.74, 6) is 1.13. The molecule has 0 unspecified atom stereocenters. The fraction of sp³-hybridized carbons (Fsp3) is 0.409. The first kappa shape index (κ1) is 19.9. The number of hydrogen-bond acceptors (Lipinski definition) is 5. The number of carbonyl (C=O) groups excluding carboxylic acids is 1. The van der Waals surface area contributed by atoms with Gasteiger partial charge in [-0.3, -0.25) is 4.79 Å². The maximum absolute atomic E-state index is 12.4. The lowest BCUT2D eigenvalue weighted by molar-refractivity contribution is 0.0949. The van der Waals surface area contributed by atoms with Crippen molar-refractivity contribution in [2.45, 2.75) is 38.5 Å². The SMILES string of the molecule is COc1ccccc1CCNC(=O)c1ccnc(NCCC2=CCCCC2)n1. The van der Waals surface area contributed by atoms with E-state index >= 15 is 0 Å². The largest absolute Gasteiger partial charge is 0.496 e. The van der Waals surface area contributed by atoms with E-state index in [0.717, 1.165) is 24.3 Å². The number of hydrogen-bond donors (Lipinski definition) is 2. The highest BCUT2D eigenvalue weighted by atomic mass is 16.5. The number of carbonyl (C=O) groups is 1. The maximum atomic E-state index is 12.4. The Kier molecular flexibility index (Phi) is 7.41. The molecule has 0 bridgehead atoms. The van der Waals surface area contributed by atoms with Gasteiger partial charge in [0.2, 0.25) is 5.95 Å². The number of methoxy groups -OCH3 is 1. The highest BCUT2D eigenvalue weighted by Gasteiger charge is 2.10. The van der Waals surface area contributed by atoms with E-state index < -0.39 is 0 Å². The van der Waals surface area contributed by atoms with Crippen LogP contribution in [-0.4, -0.2) is 36.1 Å². The Bertz CT molecular complexity index is 820. The van der Waals surface area contributed by atoms with Crippen molar-refractivity contribution in [1.82, 2.24) is 15.3 Å². The number of ether oxygens (including phenoxy) is 1. The molecule has 2 aromatic rings. The van der Waals surface area contributed by atoms with Gasteiger partial charge in [-0.15, -0.1) is 0 Å². The third-order valence-electron chi connectivity index (χ3n) is 4.87. The quantitative estimate of drug-likeness (QED) is 0.648. The van der Waals surface area contributed by atoms with Crippen LogP contribution in [0.15, 0.2) is 48.2 Å². The highest BCUT2D eigenvalue weighted by molar-refractivity contribution is 5.92. The Labute approximate surface area is 166 Å². The maximum Gasteiger partial charge on any atom is 0.270 e. The summed E-state index contributed by atoms with van der Waals surface area (Å²) in [6, 6.07) is 9.45. The first-order valence-electron chi connectivity index (χ1n) is 9.91. The monoisotopic (exact) mass is 380 g/mol. The van der Waals surface area contributed by atoms with E-state index in [4.69, 9.17) is 4.74 Å². The second-order valence-corrected chi connectivity index (χ2v) is 6.87. The van der Waals surface area contributed by atoms with Crippen LogP contribution in [-0.2, 0) is 6.42 Å². The summed E-state index contributed by atoms with van der Waals surface area (Å²) in [4.78, 5) is 20.9. The number of allylic oxidation sites excluding steroid dienone is 1. The van der Waals surface area contributed by atoms with Gasteiger partial charge >= 0.3 is 0 Å². The summed E-state index contributed by atoms with van der Waals surface area (Å²) in [6.07, 6.45) is 10.6. The number of amides is 1. The van der Waals surface area contributed by atoms with Crippen molar-refractivity contribution < 1.29 is 9.53 Å². The minimum atomic E-state index is -0.199. The molecular formula is C22H28N4O2. The van der Waals surface area contributed by atoms with Crippen molar-refractivity contribution in [3.05, 3.63) is 59.4 Å². The molecule has 1 heterocycles. The molecule has 2 N–H and O–H groups in total. The van der Waals surface area contributed by atoms with Crippen molar-refractivity contribution in [1.29, 1.82) is 0 Å². The molecule has 1 amide bonds. The lowest BCUT2D eigenvalue weighted by atomic mass is 9.97. The van der Waals surface area contributed by atoms with Crippen molar-refractivity contribution in [3.8, 4) is 5.75 Å². The van der Waals surface area contributed by atoms with Crippen molar-refractivity contribution in [2.75, 3.05) is 25.5 Å². The standard InChI is InChI=1S/C22H28N4O2/c1-28-20-10-6-5-9-18(20)12-15-23-21(27)19-13-16-25-22(26-19)24-14-11-17-7-3-2-4-8-17/h5-7,9-10,13,16H,2-4,8,11-12,14-15H2,1H3,(H,23,27)(H,24,25,26). The van der Waals surface area contributed by atoms with Crippen molar-refractivity contribution >= 4 is 11.9 Å². The van der Waals surface area contributed by atoms with Gasteiger partial charge in [0.25, 0.3) is 5.91 Å². The third kappa shape index (κ3) is 5.81. The summed E-state index contributed by atoms with van der Waals surface area (Å²) in [6.45, 7) is 1.30. The Hall–Kier alpha value is -2.89. The van der Waals surface area contributed by atoms with Crippen LogP contribution in [0.1, 0.15) is 48.2 Å². The zero-order valence-electron chi connectivity index (χ0n) is 16.4. The van der Waals surface area contributed by atoms with Crippen LogP contribution in [0.25, 0.3) is 0 Å². The van der Waals surface area contributed by atoms with Gasteiger partial charge in [-0.2, -0.15) is 0 Å². The number of aromatic nitrogens is 2. The van der Waals surface area contributed by atoms with Gasteiger partial charge in [0.1, 0.15) is 11.4 Å². The summed E-state index contributed by atoms with van der Waals surface area (Å²) in [5.41, 5.74) is 2.94. The molecule has 6 heteroatoms. The summed E-state index contributed by atoms with van der Waals surface area (Å²) < 4.78 is 5.34. The number of nitrogens with one attached hydrogen (secondary N) is 2. The Morgan fingerprint density at radius 2 is 2.04 bits per heavy atom. The summed E-state index contributed by atoms with van der Waals surface area (Å²) in [7, 11) is 1.65. The van der Waals surface area contributed by atoms with Gasteiger partial charge in [-0.1, -0.05) is 29.8 Å². The molecule has 1 aromatic heterocycles. The van der Waals surface area contributed by atoms with E-state index in [9.17, 15) is 4.79 Å². The lowest BCUT2D eigenvalue weighted by Crippen LogP contribution is -2.27. The van der Waals surface area contributed by atoms with Crippen LogP contribution in [0, 0.1) is 0 Å². The average molecular weight is 380 g/mol. The summed E-state index contributed by atoms with van der Waals surface area (Å²) >= 11 is 0. The Morgan fingerprint density at radius 3 is 2.86 bits per heavy atom. The Morgan fingerprint density at radius 1 is 1.14 bits per heavy atom. The molecule has 0 fully saturated rings. The van der Waals surface area contributed by atoms with Gasteiger partial charge < -0.3 is 15.4 Å². The van der Waals surface area contributed by atoms with Crippen molar-refractivity contribution in [2.24, 2.45) is 0 Å². The molecule has 0 atom stereocenters. The van der Waals surface area contributed by atoms with Crippen LogP contribution in [0.2, 0.25) is 0 Å². The fourth-order valence-electron chi connectivity index (χ4n) is 3.35. The van der Waals surface area contributed by atoms with E-state index in [-0.39, 0.29) is 5.91 Å². The fourth-order valence-corrected chi connectivity index (χ4v) is 3.35. The van der Waals surface area contributed by atoms with Crippen molar-refractivity contribution in [3.63, 3.8) is 0 Å². The zero-order chi connectivity index (χ0) is 19.6. The molecule has 6 nitrogen and oxygen atoms in total. The van der Waals surface area contributed by atoms with Gasteiger partial charge in [0.15, 0.2) is 0 Å². The smallest absolute Gasteiger partial charge is 0.270 e. The number of para-hydroxylation sites is 1. The zero-order valence-corrected chi connectivity index (χ0v) is 16.4. The van der Waals surface area contributed by atoms with Crippen LogP contribution < -0.4 is 15.4 Å². The number of anilines is 1. The second kappa shape index (κ2) is 10.4. The second-order valence-electron chi connectivity index (χ2n) is 6.87. The van der Waals surface area contributed by atoms with Gasteiger partial charge in [-0.25, -0.2) is 9.97 Å². The lowest BCUT2D eigenvalue weighted by Gasteiger charge is -2.13. The minimum absolute atomic E-state index is 0.199. The molecule has 0 radical (unpaired) electrons. The van der Waals surface area contributed by atoms with E-state index in [2.05, 4.69) is 26.7 Å². The number of benzene rings is 1. The van der Waals surface area contributed by atoms with Gasteiger partial charge in [-0.05, 0) is 56.2 Å². The first-order chi connectivity index (χ1) is 13.8. The molecule has 1 aliphatic carbocycles. The normalized spacial score (nSPS) is 13.5. The van der Waals surface area contributed by atoms with Crippen LogP contribution in [0.3, 0.4) is 0 Å².